The number of fused-ring (bicyclic) bond motifs is 1. The van der Waals surface area contributed by atoms with Gasteiger partial charge in [0.15, 0.2) is 5.78 Å². The van der Waals surface area contributed by atoms with Crippen LogP contribution in [-0.4, -0.2) is 33.7 Å². The number of nitrogens with zero attached hydrogens (tertiary/aromatic N) is 1. The van der Waals surface area contributed by atoms with Crippen LogP contribution < -0.4 is 0 Å². The van der Waals surface area contributed by atoms with Gasteiger partial charge in [0, 0.05) is 0 Å². The Balaban J connectivity index is 1.98. The van der Waals surface area contributed by atoms with E-state index in [1.165, 1.54) is 17.9 Å². The number of β-lactam (4-membered cyclic amide) rings is 1. The Kier molecular flexibility index (Phi) is 2.83. The summed E-state index contributed by atoms with van der Waals surface area (Å²) < 4.78 is 0. The Hall–Kier alpha value is -1.91. The van der Waals surface area contributed by atoms with Crippen molar-refractivity contribution in [2.24, 2.45) is 5.92 Å². The van der Waals surface area contributed by atoms with E-state index in [2.05, 4.69) is 0 Å². The Bertz CT molecular complexity index is 449. The van der Waals surface area contributed by atoms with Crippen LogP contribution in [0.3, 0.4) is 0 Å². The Morgan fingerprint density at radius 3 is 2.88 bits per heavy atom. The van der Waals surface area contributed by atoms with Crippen LogP contribution in [0.25, 0.3) is 0 Å². The molecule has 2 heterocycles. The third-order valence-corrected chi connectivity index (χ3v) is 3.12. The predicted molar refractivity (Wildman–Crippen MR) is 58.9 cm³/mol. The Morgan fingerprint density at radius 1 is 1.59 bits per heavy atom. The fraction of sp³-hybridized carbons (Fsp3) is 0.417. The van der Waals surface area contributed by atoms with Crippen LogP contribution in [0.4, 0.5) is 0 Å². The van der Waals surface area contributed by atoms with Gasteiger partial charge in [0.05, 0.1) is 12.0 Å². The van der Waals surface area contributed by atoms with Gasteiger partial charge in [0.25, 0.3) is 0 Å². The van der Waals surface area contributed by atoms with Gasteiger partial charge in [-0.05, 0) is 25.8 Å². The third kappa shape index (κ3) is 1.88. The monoisotopic (exact) mass is 235 g/mol. The molecule has 1 amide bonds. The molecule has 2 aliphatic rings. The molecular weight excluding hydrogens is 222 g/mol. The molecule has 90 valence electrons. The molecule has 5 heteroatoms. The zero-order chi connectivity index (χ0) is 12.6. The number of allylic oxidation sites excluding steroid dienone is 2. The number of rotatable bonds is 4. The average molecular weight is 235 g/mol. The molecule has 1 N–H and O–H groups in total. The standard InChI is InChI=1S/C12H13NO4/c1-7(14)3-2-4-8-9-5-6-10(12(16)17)13(9)11(8)15/h2-3,6,8-9H,4-5H2,1H3,(H,16,17). The summed E-state index contributed by atoms with van der Waals surface area (Å²) in [6.45, 7) is 1.45. The second-order valence-corrected chi connectivity index (χ2v) is 4.26. The van der Waals surface area contributed by atoms with Crippen LogP contribution in [-0.2, 0) is 14.4 Å². The van der Waals surface area contributed by atoms with Crippen LogP contribution in [0.15, 0.2) is 23.9 Å². The summed E-state index contributed by atoms with van der Waals surface area (Å²) in [5, 5.41) is 8.87. The maximum atomic E-state index is 11.7. The number of hydrogen-bond acceptors (Lipinski definition) is 3. The molecule has 5 nitrogen and oxygen atoms in total. The summed E-state index contributed by atoms with van der Waals surface area (Å²) in [7, 11) is 0. The number of carbonyl (C=O) groups is 3. The van der Waals surface area contributed by atoms with E-state index in [-0.39, 0.29) is 29.3 Å². The van der Waals surface area contributed by atoms with Gasteiger partial charge in [-0.3, -0.25) is 9.59 Å². The zero-order valence-corrected chi connectivity index (χ0v) is 9.42. The number of hydrogen-bond donors (Lipinski definition) is 1. The Morgan fingerprint density at radius 2 is 2.29 bits per heavy atom. The van der Waals surface area contributed by atoms with E-state index in [4.69, 9.17) is 5.11 Å². The summed E-state index contributed by atoms with van der Waals surface area (Å²) in [4.78, 5) is 34.6. The lowest BCUT2D eigenvalue weighted by molar-refractivity contribution is -0.154. The molecule has 0 aromatic carbocycles. The van der Waals surface area contributed by atoms with Crippen LogP contribution in [0.5, 0.6) is 0 Å². The van der Waals surface area contributed by atoms with Crippen LogP contribution >= 0.6 is 0 Å². The van der Waals surface area contributed by atoms with E-state index in [9.17, 15) is 14.4 Å². The van der Waals surface area contributed by atoms with Gasteiger partial charge in [-0.2, -0.15) is 0 Å². The molecule has 2 unspecified atom stereocenters. The lowest BCUT2D eigenvalue weighted by atomic mass is 9.84. The van der Waals surface area contributed by atoms with Crippen molar-refractivity contribution in [2.75, 3.05) is 0 Å². The van der Waals surface area contributed by atoms with Crippen molar-refractivity contribution in [3.63, 3.8) is 0 Å². The molecule has 0 spiro atoms. The van der Waals surface area contributed by atoms with Gasteiger partial charge in [0.1, 0.15) is 5.70 Å². The van der Waals surface area contributed by atoms with Crippen molar-refractivity contribution in [3.8, 4) is 0 Å². The molecule has 1 saturated heterocycles. The number of amides is 1. The van der Waals surface area contributed by atoms with Gasteiger partial charge in [-0.25, -0.2) is 4.79 Å². The fourth-order valence-corrected chi connectivity index (χ4v) is 2.33. The minimum Gasteiger partial charge on any atom is -0.477 e. The van der Waals surface area contributed by atoms with Crippen molar-refractivity contribution in [2.45, 2.75) is 25.8 Å². The van der Waals surface area contributed by atoms with E-state index in [1.807, 2.05) is 0 Å². The smallest absolute Gasteiger partial charge is 0.352 e. The average Bonchev–Trinajstić information content (AvgIpc) is 2.64. The third-order valence-electron chi connectivity index (χ3n) is 3.12. The quantitative estimate of drug-likeness (QED) is 0.575. The summed E-state index contributed by atoms with van der Waals surface area (Å²) in [5.41, 5.74) is 0.0896. The highest BCUT2D eigenvalue weighted by molar-refractivity contribution is 5.98. The first-order chi connectivity index (χ1) is 8.02. The molecule has 0 aromatic heterocycles. The van der Waals surface area contributed by atoms with Crippen molar-refractivity contribution in [3.05, 3.63) is 23.9 Å². The van der Waals surface area contributed by atoms with Gasteiger partial charge < -0.3 is 10.0 Å². The predicted octanol–water partition coefficient (Wildman–Crippen LogP) is 0.721. The fourth-order valence-electron chi connectivity index (χ4n) is 2.33. The first-order valence-corrected chi connectivity index (χ1v) is 5.46. The van der Waals surface area contributed by atoms with Gasteiger partial charge in [-0.15, -0.1) is 0 Å². The lowest BCUT2D eigenvalue weighted by Crippen LogP contribution is -2.58. The van der Waals surface area contributed by atoms with Gasteiger partial charge in [-0.1, -0.05) is 12.2 Å². The van der Waals surface area contributed by atoms with E-state index in [0.717, 1.165) is 0 Å². The zero-order valence-electron chi connectivity index (χ0n) is 9.42. The molecule has 2 rings (SSSR count). The number of aliphatic carboxylic acids is 1. The molecule has 2 atom stereocenters. The van der Waals surface area contributed by atoms with Crippen LogP contribution in [0, 0.1) is 5.92 Å². The molecule has 2 aliphatic heterocycles. The lowest BCUT2D eigenvalue weighted by Gasteiger charge is -2.43. The number of carboxylic acid groups (broad SMARTS) is 1. The van der Waals surface area contributed by atoms with Crippen LogP contribution in [0.2, 0.25) is 0 Å². The first-order valence-electron chi connectivity index (χ1n) is 5.46. The van der Waals surface area contributed by atoms with Crippen molar-refractivity contribution in [1.29, 1.82) is 0 Å². The summed E-state index contributed by atoms with van der Waals surface area (Å²) >= 11 is 0. The largest absolute Gasteiger partial charge is 0.477 e. The second-order valence-electron chi connectivity index (χ2n) is 4.26. The highest BCUT2D eigenvalue weighted by Crippen LogP contribution is 2.40. The van der Waals surface area contributed by atoms with E-state index in [0.29, 0.717) is 12.8 Å². The highest BCUT2D eigenvalue weighted by Gasteiger charge is 2.51. The number of ketones is 1. The minimum atomic E-state index is -1.06. The maximum Gasteiger partial charge on any atom is 0.352 e. The SMILES string of the molecule is CC(=O)C=CCC1C(=O)N2C(C(=O)O)=CCC12. The van der Waals surface area contributed by atoms with Crippen molar-refractivity contribution in [1.82, 2.24) is 4.90 Å². The van der Waals surface area contributed by atoms with Gasteiger partial charge in [0.2, 0.25) is 5.91 Å². The minimum absolute atomic E-state index is 0.0368. The van der Waals surface area contributed by atoms with E-state index in [1.54, 1.807) is 12.2 Å². The molecule has 0 bridgehead atoms. The number of carboxylic acids is 1. The topological polar surface area (TPSA) is 74.7 Å². The maximum absolute atomic E-state index is 11.7. The molecule has 1 fully saturated rings. The molecule has 0 saturated carbocycles. The molecule has 0 aliphatic carbocycles. The van der Waals surface area contributed by atoms with E-state index < -0.39 is 5.97 Å². The molecule has 0 radical (unpaired) electrons. The van der Waals surface area contributed by atoms with Crippen molar-refractivity contribution >= 4 is 17.7 Å². The van der Waals surface area contributed by atoms with E-state index >= 15 is 0 Å². The highest BCUT2D eigenvalue weighted by atomic mass is 16.4. The second kappa shape index (κ2) is 4.16. The molecular formula is C12H13NO4. The normalized spacial score (nSPS) is 26.8. The van der Waals surface area contributed by atoms with Crippen LogP contribution in [0.1, 0.15) is 19.8 Å². The van der Waals surface area contributed by atoms with Crippen molar-refractivity contribution < 1.29 is 19.5 Å². The summed E-state index contributed by atoms with van der Waals surface area (Å²) in [6, 6.07) is -0.0368. The Labute approximate surface area is 98.4 Å². The summed E-state index contributed by atoms with van der Waals surface area (Å²) in [6.07, 6.45) is 5.79. The molecule has 17 heavy (non-hydrogen) atoms. The molecule has 0 aromatic rings. The first kappa shape index (κ1) is 11.6. The summed E-state index contributed by atoms with van der Waals surface area (Å²) in [5.74, 6) is -1.45. The van der Waals surface area contributed by atoms with Gasteiger partial charge >= 0.3 is 5.97 Å². The number of carbonyl (C=O) groups excluding carboxylic acids is 2.